The maximum absolute atomic E-state index is 9.77. The van der Waals surface area contributed by atoms with E-state index in [-0.39, 0.29) is 12.4 Å². The lowest BCUT2D eigenvalue weighted by molar-refractivity contribution is -0.133. The molecule has 0 spiro atoms. The van der Waals surface area contributed by atoms with Crippen LogP contribution >= 0.6 is 0 Å². The van der Waals surface area contributed by atoms with Gasteiger partial charge in [0.05, 0.1) is 0 Å². The van der Waals surface area contributed by atoms with Gasteiger partial charge >= 0.3 is 0 Å². The third-order valence-electron chi connectivity index (χ3n) is 5.25. The Balaban J connectivity index is 0.000000174. The number of hydrogen-bond acceptors (Lipinski definition) is 4. The second-order valence-electron chi connectivity index (χ2n) is 7.25. The molecule has 0 aromatic carbocycles. The maximum atomic E-state index is 9.77. The molecule has 4 heteroatoms. The molecule has 1 heterocycles. The average molecular weight is 325 g/mol. The van der Waals surface area contributed by atoms with Crippen molar-refractivity contribution in [1.29, 1.82) is 0 Å². The zero-order valence-electron chi connectivity index (χ0n) is 14.8. The zero-order valence-corrected chi connectivity index (χ0v) is 14.8. The minimum absolute atomic E-state index is 0.185. The highest BCUT2D eigenvalue weighted by Gasteiger charge is 2.40. The summed E-state index contributed by atoms with van der Waals surface area (Å²) in [7, 11) is 0. The van der Waals surface area contributed by atoms with Crippen molar-refractivity contribution in [3.63, 3.8) is 0 Å². The van der Waals surface area contributed by atoms with Gasteiger partial charge in [-0.15, -0.1) is 0 Å². The first kappa shape index (κ1) is 18.7. The van der Waals surface area contributed by atoms with Crippen LogP contribution < -0.4 is 5.32 Å². The van der Waals surface area contributed by atoms with Gasteiger partial charge in [-0.2, -0.15) is 0 Å². The van der Waals surface area contributed by atoms with Gasteiger partial charge in [-0.3, -0.25) is 4.79 Å². The highest BCUT2D eigenvalue weighted by molar-refractivity contribution is 5.37. The molecule has 23 heavy (non-hydrogen) atoms. The van der Waals surface area contributed by atoms with Gasteiger partial charge < -0.3 is 14.8 Å². The van der Waals surface area contributed by atoms with Gasteiger partial charge in [0.1, 0.15) is 6.10 Å². The molecule has 0 amide bonds. The number of unbranched alkanes of at least 4 members (excludes halogenated alkanes) is 1. The van der Waals surface area contributed by atoms with Crippen LogP contribution in [0.1, 0.15) is 90.4 Å². The average Bonchev–Trinajstić information content (AvgIpc) is 3.34. The Morgan fingerprint density at radius 1 is 1.00 bits per heavy atom. The van der Waals surface area contributed by atoms with E-state index in [1.807, 2.05) is 0 Å². The molecule has 1 aliphatic heterocycles. The highest BCUT2D eigenvalue weighted by atomic mass is 16.8. The minimum Gasteiger partial charge on any atom is -0.435 e. The lowest BCUT2D eigenvalue weighted by Crippen LogP contribution is -2.40. The minimum atomic E-state index is -0.232. The molecule has 3 aliphatic rings. The van der Waals surface area contributed by atoms with E-state index >= 15 is 0 Å². The summed E-state index contributed by atoms with van der Waals surface area (Å²) < 4.78 is 9.57. The van der Waals surface area contributed by atoms with Crippen LogP contribution in [0.3, 0.4) is 0 Å². The monoisotopic (exact) mass is 325 g/mol. The predicted molar refractivity (Wildman–Crippen MR) is 92.2 cm³/mol. The number of rotatable bonds is 7. The topological polar surface area (TPSA) is 50.9 Å². The van der Waals surface area contributed by atoms with E-state index in [0.717, 1.165) is 31.3 Å². The Hall–Kier alpha value is -0.610. The molecule has 0 aromatic rings. The summed E-state index contributed by atoms with van der Waals surface area (Å²) in [6, 6.07) is 1.74. The summed E-state index contributed by atoms with van der Waals surface area (Å²) in [5.41, 5.74) is 0. The van der Waals surface area contributed by atoms with Crippen LogP contribution in [-0.2, 0) is 14.3 Å². The maximum Gasteiger partial charge on any atom is 0.295 e. The summed E-state index contributed by atoms with van der Waals surface area (Å²) in [5.74, 6) is 0. The van der Waals surface area contributed by atoms with Gasteiger partial charge in [0.25, 0.3) is 6.47 Å². The molecular weight excluding hydrogens is 290 g/mol. The van der Waals surface area contributed by atoms with Crippen molar-refractivity contribution in [3.05, 3.63) is 0 Å². The Morgan fingerprint density at radius 2 is 1.57 bits per heavy atom. The summed E-state index contributed by atoms with van der Waals surface area (Å²) >= 11 is 0. The first-order chi connectivity index (χ1) is 11.3. The first-order valence-electron chi connectivity index (χ1n) is 9.84. The molecule has 2 atom stereocenters. The molecule has 134 valence electrons. The summed E-state index contributed by atoms with van der Waals surface area (Å²) in [6.07, 6.45) is 17.8. The third-order valence-corrected chi connectivity index (χ3v) is 5.25. The van der Waals surface area contributed by atoms with Gasteiger partial charge in [0, 0.05) is 12.1 Å². The van der Waals surface area contributed by atoms with Crippen LogP contribution in [-0.4, -0.2) is 30.9 Å². The van der Waals surface area contributed by atoms with Crippen molar-refractivity contribution in [2.75, 3.05) is 0 Å². The van der Waals surface area contributed by atoms with Crippen LogP contribution in [0.4, 0.5) is 0 Å². The summed E-state index contributed by atoms with van der Waals surface area (Å²) in [6.45, 7) is 2.56. The Morgan fingerprint density at radius 3 is 2.04 bits per heavy atom. The van der Waals surface area contributed by atoms with E-state index in [1.165, 1.54) is 64.2 Å². The lowest BCUT2D eigenvalue weighted by Gasteiger charge is -2.30. The van der Waals surface area contributed by atoms with Crippen LogP contribution in [0.5, 0.6) is 0 Å². The number of nitrogens with one attached hydrogen (secondary N) is 1. The third kappa shape index (κ3) is 7.67. The molecule has 0 bridgehead atoms. The van der Waals surface area contributed by atoms with Crippen LogP contribution in [0.15, 0.2) is 0 Å². The number of carbonyl (C=O) groups excluding carboxylic acids is 1. The van der Waals surface area contributed by atoms with E-state index in [4.69, 9.17) is 4.74 Å². The number of carbonyl (C=O) groups is 1. The second-order valence-corrected chi connectivity index (χ2v) is 7.25. The molecule has 0 aromatic heterocycles. The van der Waals surface area contributed by atoms with Gasteiger partial charge in [-0.05, 0) is 32.1 Å². The SMILES string of the molecule is C1CCC(NC2CCCCC2)CC1.CCCCC1O[C@H]1OC=O. The molecule has 3 fully saturated rings. The fourth-order valence-electron chi connectivity index (χ4n) is 3.78. The molecule has 3 rings (SSSR count). The largest absolute Gasteiger partial charge is 0.435 e. The standard InChI is InChI=1S/C12H23N.C7H12O3/c1-3-7-11(8-4-1)13-12-9-5-2-6-10-12;1-2-3-4-6-7(10-6)9-5-8/h11-13H,1-10H2;5-7H,2-4H2,1H3/t;6?,7-/m.1/s1. The fourth-order valence-corrected chi connectivity index (χ4v) is 3.78. The van der Waals surface area contributed by atoms with Crippen LogP contribution in [0.25, 0.3) is 0 Å². The number of hydrogen-bond donors (Lipinski definition) is 1. The van der Waals surface area contributed by atoms with Crippen molar-refractivity contribution < 1.29 is 14.3 Å². The van der Waals surface area contributed by atoms with E-state index in [9.17, 15) is 4.79 Å². The van der Waals surface area contributed by atoms with Crippen molar-refractivity contribution in [2.45, 2.75) is 115 Å². The van der Waals surface area contributed by atoms with Crippen LogP contribution in [0, 0.1) is 0 Å². The highest BCUT2D eigenvalue weighted by Crippen LogP contribution is 2.27. The van der Waals surface area contributed by atoms with E-state index in [0.29, 0.717) is 6.47 Å². The Kier molecular flexibility index (Phi) is 8.98. The molecule has 1 saturated heterocycles. The summed E-state index contributed by atoms with van der Waals surface area (Å²) in [5, 5.41) is 3.86. The van der Waals surface area contributed by atoms with Crippen molar-refractivity contribution in [2.24, 2.45) is 0 Å². The van der Waals surface area contributed by atoms with Crippen LogP contribution in [0.2, 0.25) is 0 Å². The molecule has 0 radical (unpaired) electrons. The second kappa shape index (κ2) is 11.0. The first-order valence-corrected chi connectivity index (χ1v) is 9.84. The molecule has 1 N–H and O–H groups in total. The smallest absolute Gasteiger partial charge is 0.295 e. The van der Waals surface area contributed by atoms with Gasteiger partial charge in [-0.1, -0.05) is 58.3 Å². The predicted octanol–water partition coefficient (Wildman–Crippen LogP) is 4.32. The lowest BCUT2D eigenvalue weighted by atomic mass is 9.91. The Labute approximate surface area is 141 Å². The summed E-state index contributed by atoms with van der Waals surface area (Å²) in [4.78, 5) is 9.77. The molecule has 4 nitrogen and oxygen atoms in total. The fraction of sp³-hybridized carbons (Fsp3) is 0.947. The van der Waals surface area contributed by atoms with E-state index in [2.05, 4.69) is 17.0 Å². The van der Waals surface area contributed by atoms with Crippen molar-refractivity contribution in [3.8, 4) is 0 Å². The molecule has 2 saturated carbocycles. The van der Waals surface area contributed by atoms with E-state index in [1.54, 1.807) is 0 Å². The number of epoxide rings is 1. The molecular formula is C19H35NO3. The quantitative estimate of drug-likeness (QED) is 0.559. The Bertz CT molecular complexity index is 296. The van der Waals surface area contributed by atoms with Gasteiger partial charge in [0.2, 0.25) is 6.29 Å². The van der Waals surface area contributed by atoms with Crippen molar-refractivity contribution >= 4 is 6.47 Å². The van der Waals surface area contributed by atoms with E-state index < -0.39 is 0 Å². The zero-order chi connectivity index (χ0) is 16.3. The van der Waals surface area contributed by atoms with Gasteiger partial charge in [-0.25, -0.2) is 0 Å². The normalized spacial score (nSPS) is 28.6. The number of ether oxygens (including phenoxy) is 2. The van der Waals surface area contributed by atoms with Gasteiger partial charge in [0.15, 0.2) is 0 Å². The molecule has 1 unspecified atom stereocenters. The van der Waals surface area contributed by atoms with Crippen molar-refractivity contribution in [1.82, 2.24) is 5.32 Å². The molecule has 2 aliphatic carbocycles.